The molecule has 20 heavy (non-hydrogen) atoms. The molecular weight excluding hydrogens is 254 g/mol. The SMILES string of the molecule is COC1CC(NC(=O)c2n[nH]c3ccccc23)C1(C)C. The number of carbonyl (C=O) groups is 1. The second-order valence-corrected chi connectivity index (χ2v) is 5.93. The van der Waals surface area contributed by atoms with Gasteiger partial charge in [0.15, 0.2) is 5.69 Å². The fourth-order valence-corrected chi connectivity index (χ4v) is 2.89. The van der Waals surface area contributed by atoms with Crippen LogP contribution in [0.5, 0.6) is 0 Å². The summed E-state index contributed by atoms with van der Waals surface area (Å²) in [5, 5.41) is 10.9. The predicted octanol–water partition coefficient (Wildman–Crippen LogP) is 2.11. The lowest BCUT2D eigenvalue weighted by molar-refractivity contribution is -0.0942. The summed E-state index contributed by atoms with van der Waals surface area (Å²) >= 11 is 0. The van der Waals surface area contributed by atoms with Crippen molar-refractivity contribution in [1.29, 1.82) is 0 Å². The first-order chi connectivity index (χ1) is 9.54. The molecule has 1 aliphatic carbocycles. The molecule has 1 aromatic carbocycles. The number of hydrogen-bond acceptors (Lipinski definition) is 3. The molecule has 2 atom stereocenters. The maximum Gasteiger partial charge on any atom is 0.272 e. The molecule has 106 valence electrons. The maximum atomic E-state index is 12.4. The summed E-state index contributed by atoms with van der Waals surface area (Å²) in [6, 6.07) is 7.75. The van der Waals surface area contributed by atoms with Crippen LogP contribution in [-0.4, -0.2) is 35.4 Å². The molecule has 2 N–H and O–H groups in total. The zero-order chi connectivity index (χ0) is 14.3. The van der Waals surface area contributed by atoms with Crippen LogP contribution in [0.2, 0.25) is 0 Å². The van der Waals surface area contributed by atoms with Crippen molar-refractivity contribution in [3.63, 3.8) is 0 Å². The van der Waals surface area contributed by atoms with Crippen molar-refractivity contribution in [1.82, 2.24) is 15.5 Å². The summed E-state index contributed by atoms with van der Waals surface area (Å²) < 4.78 is 5.40. The van der Waals surface area contributed by atoms with Crippen LogP contribution in [0.3, 0.4) is 0 Å². The van der Waals surface area contributed by atoms with Crippen LogP contribution >= 0.6 is 0 Å². The highest BCUT2D eigenvalue weighted by Gasteiger charge is 2.49. The molecule has 1 aliphatic rings. The number of nitrogens with zero attached hydrogens (tertiary/aromatic N) is 1. The van der Waals surface area contributed by atoms with E-state index in [9.17, 15) is 4.79 Å². The van der Waals surface area contributed by atoms with E-state index in [1.54, 1.807) is 7.11 Å². The molecule has 0 spiro atoms. The molecule has 1 saturated carbocycles. The van der Waals surface area contributed by atoms with Gasteiger partial charge in [-0.3, -0.25) is 9.89 Å². The van der Waals surface area contributed by atoms with Crippen molar-refractivity contribution in [2.24, 2.45) is 5.41 Å². The standard InChI is InChI=1S/C15H19N3O2/c1-15(2)11(8-12(15)20-3)16-14(19)13-9-6-4-5-7-10(9)17-18-13/h4-7,11-12H,8H2,1-3H3,(H,16,19)(H,17,18). The summed E-state index contributed by atoms with van der Waals surface area (Å²) in [7, 11) is 1.71. The molecule has 2 unspecified atom stereocenters. The Morgan fingerprint density at radius 1 is 1.45 bits per heavy atom. The van der Waals surface area contributed by atoms with E-state index in [-0.39, 0.29) is 23.5 Å². The number of aromatic nitrogens is 2. The Labute approximate surface area is 117 Å². The van der Waals surface area contributed by atoms with E-state index in [0.717, 1.165) is 17.3 Å². The highest BCUT2D eigenvalue weighted by molar-refractivity contribution is 6.04. The molecule has 5 nitrogen and oxygen atoms in total. The second kappa shape index (κ2) is 4.59. The third kappa shape index (κ3) is 1.89. The zero-order valence-corrected chi connectivity index (χ0v) is 11.9. The van der Waals surface area contributed by atoms with Gasteiger partial charge in [0.2, 0.25) is 0 Å². The minimum absolute atomic E-state index is 0.0451. The van der Waals surface area contributed by atoms with Gasteiger partial charge < -0.3 is 10.1 Å². The predicted molar refractivity (Wildman–Crippen MR) is 76.5 cm³/mol. The third-order valence-corrected chi connectivity index (χ3v) is 4.45. The lowest BCUT2D eigenvalue weighted by Crippen LogP contribution is -2.61. The number of aromatic amines is 1. The van der Waals surface area contributed by atoms with Gasteiger partial charge in [0.1, 0.15) is 0 Å². The van der Waals surface area contributed by atoms with Gasteiger partial charge in [-0.2, -0.15) is 5.10 Å². The molecule has 3 rings (SSSR count). The number of fused-ring (bicyclic) bond motifs is 1. The molecule has 2 aromatic rings. The number of nitrogens with one attached hydrogen (secondary N) is 2. The highest BCUT2D eigenvalue weighted by atomic mass is 16.5. The number of ether oxygens (including phenoxy) is 1. The van der Waals surface area contributed by atoms with Gasteiger partial charge in [0, 0.05) is 24.0 Å². The van der Waals surface area contributed by atoms with E-state index in [1.165, 1.54) is 0 Å². The molecule has 1 heterocycles. The first-order valence-corrected chi connectivity index (χ1v) is 6.81. The van der Waals surface area contributed by atoms with E-state index in [4.69, 9.17) is 4.74 Å². The molecule has 0 aliphatic heterocycles. The Kier molecular flexibility index (Phi) is 3.01. The monoisotopic (exact) mass is 273 g/mol. The van der Waals surface area contributed by atoms with E-state index in [1.807, 2.05) is 24.3 Å². The van der Waals surface area contributed by atoms with Crippen LogP contribution in [0.1, 0.15) is 30.8 Å². The lowest BCUT2D eigenvalue weighted by atomic mass is 9.64. The number of hydrogen-bond donors (Lipinski definition) is 2. The summed E-state index contributed by atoms with van der Waals surface area (Å²) in [5.74, 6) is -0.130. The van der Waals surface area contributed by atoms with Crippen LogP contribution in [-0.2, 0) is 4.74 Å². The number of benzene rings is 1. The molecule has 5 heteroatoms. The van der Waals surface area contributed by atoms with Gasteiger partial charge in [-0.25, -0.2) is 0 Å². The fraction of sp³-hybridized carbons (Fsp3) is 0.467. The van der Waals surface area contributed by atoms with Crippen molar-refractivity contribution in [2.75, 3.05) is 7.11 Å². The number of methoxy groups -OCH3 is 1. The van der Waals surface area contributed by atoms with Crippen LogP contribution in [0.15, 0.2) is 24.3 Å². The molecule has 0 radical (unpaired) electrons. The first-order valence-electron chi connectivity index (χ1n) is 6.81. The highest BCUT2D eigenvalue weighted by Crippen LogP contribution is 2.42. The van der Waals surface area contributed by atoms with Crippen molar-refractivity contribution < 1.29 is 9.53 Å². The minimum Gasteiger partial charge on any atom is -0.381 e. The van der Waals surface area contributed by atoms with Gasteiger partial charge in [0.05, 0.1) is 11.6 Å². The Balaban J connectivity index is 1.78. The Hall–Kier alpha value is -1.88. The maximum absolute atomic E-state index is 12.4. The molecule has 1 fully saturated rings. The molecule has 1 amide bonds. The summed E-state index contributed by atoms with van der Waals surface area (Å²) in [5.41, 5.74) is 1.29. The largest absolute Gasteiger partial charge is 0.381 e. The third-order valence-electron chi connectivity index (χ3n) is 4.45. The number of rotatable bonds is 3. The second-order valence-electron chi connectivity index (χ2n) is 5.93. The smallest absolute Gasteiger partial charge is 0.272 e. The van der Waals surface area contributed by atoms with Gasteiger partial charge in [-0.15, -0.1) is 0 Å². The summed E-state index contributed by atoms with van der Waals surface area (Å²) in [4.78, 5) is 12.4. The van der Waals surface area contributed by atoms with Gasteiger partial charge in [0.25, 0.3) is 5.91 Å². The Morgan fingerprint density at radius 2 is 2.20 bits per heavy atom. The average molecular weight is 273 g/mol. The van der Waals surface area contributed by atoms with E-state index >= 15 is 0 Å². The number of para-hydroxylation sites is 1. The Bertz CT molecular complexity index is 647. The number of H-pyrrole nitrogens is 1. The summed E-state index contributed by atoms with van der Waals surface area (Å²) in [6.45, 7) is 4.22. The van der Waals surface area contributed by atoms with Crippen LogP contribution < -0.4 is 5.32 Å². The molecule has 0 bridgehead atoms. The van der Waals surface area contributed by atoms with Gasteiger partial charge in [-0.1, -0.05) is 32.0 Å². The van der Waals surface area contributed by atoms with Crippen molar-refractivity contribution >= 4 is 16.8 Å². The Morgan fingerprint density at radius 3 is 2.90 bits per heavy atom. The van der Waals surface area contributed by atoms with Gasteiger partial charge >= 0.3 is 0 Å². The number of carbonyl (C=O) groups excluding carboxylic acids is 1. The summed E-state index contributed by atoms with van der Waals surface area (Å²) in [6.07, 6.45) is 1.04. The van der Waals surface area contributed by atoms with E-state index in [0.29, 0.717) is 5.69 Å². The average Bonchev–Trinajstić information content (AvgIpc) is 2.86. The van der Waals surface area contributed by atoms with Crippen LogP contribution in [0.25, 0.3) is 10.9 Å². The quantitative estimate of drug-likeness (QED) is 0.900. The van der Waals surface area contributed by atoms with E-state index in [2.05, 4.69) is 29.4 Å². The molecular formula is C15H19N3O2. The van der Waals surface area contributed by atoms with E-state index < -0.39 is 0 Å². The molecule has 1 aromatic heterocycles. The van der Waals surface area contributed by atoms with Crippen molar-refractivity contribution in [3.8, 4) is 0 Å². The lowest BCUT2D eigenvalue weighted by Gasteiger charge is -2.51. The van der Waals surface area contributed by atoms with Crippen molar-refractivity contribution in [3.05, 3.63) is 30.0 Å². The minimum atomic E-state index is -0.130. The van der Waals surface area contributed by atoms with Gasteiger partial charge in [-0.05, 0) is 12.5 Å². The van der Waals surface area contributed by atoms with Crippen LogP contribution in [0.4, 0.5) is 0 Å². The zero-order valence-electron chi connectivity index (χ0n) is 11.9. The van der Waals surface area contributed by atoms with Crippen LogP contribution in [0, 0.1) is 5.41 Å². The number of amides is 1. The fourth-order valence-electron chi connectivity index (χ4n) is 2.89. The first kappa shape index (κ1) is 13.1. The normalized spacial score (nSPS) is 24.4. The van der Waals surface area contributed by atoms with Crippen molar-refractivity contribution in [2.45, 2.75) is 32.4 Å². The molecule has 0 saturated heterocycles. The topological polar surface area (TPSA) is 67.0 Å².